The Kier molecular flexibility index (Phi) is 5.08. The van der Waals surface area contributed by atoms with Crippen LogP contribution in [-0.2, 0) is 0 Å². The molecule has 0 unspecified atom stereocenters. The molecule has 106 valence electrons. The van der Waals surface area contributed by atoms with Gasteiger partial charge in [-0.15, -0.1) is 0 Å². The van der Waals surface area contributed by atoms with Gasteiger partial charge in [-0.2, -0.15) is 0 Å². The van der Waals surface area contributed by atoms with Crippen molar-refractivity contribution in [3.05, 3.63) is 59.4 Å². The van der Waals surface area contributed by atoms with Crippen LogP contribution in [0.1, 0.15) is 27.9 Å². The Morgan fingerprint density at radius 1 is 1.29 bits per heavy atom. The number of carbonyl (C=O) groups is 1. The first-order valence-corrected chi connectivity index (χ1v) is 6.62. The van der Waals surface area contributed by atoms with E-state index in [4.69, 9.17) is 5.11 Å². The van der Waals surface area contributed by atoms with Crippen molar-refractivity contribution in [1.29, 1.82) is 0 Å². The van der Waals surface area contributed by atoms with Crippen LogP contribution in [0.3, 0.4) is 0 Å². The summed E-state index contributed by atoms with van der Waals surface area (Å²) in [6.07, 6.45) is 3.60. The number of aliphatic hydroxyl groups is 1. The van der Waals surface area contributed by atoms with Crippen molar-refractivity contribution in [2.24, 2.45) is 0 Å². The largest absolute Gasteiger partial charge is 0.395 e. The molecule has 0 atom stereocenters. The lowest BCUT2D eigenvalue weighted by Gasteiger charge is -2.07. The third-order valence-corrected chi connectivity index (χ3v) is 2.90. The first kappa shape index (κ1) is 14.8. The monoisotopic (exact) mass is 280 g/mol. The number of hydrogen-bond donors (Lipinski definition) is 2. The summed E-state index contributed by atoms with van der Waals surface area (Å²) >= 11 is 0. The molecule has 0 fully saturated rings. The van der Waals surface area contributed by atoms with Crippen LogP contribution in [0.4, 0.5) is 5.69 Å². The number of aryl methyl sites for hydroxylation is 1. The lowest BCUT2D eigenvalue weighted by molar-refractivity contribution is 0.102. The smallest absolute Gasteiger partial charge is 0.255 e. The van der Waals surface area contributed by atoms with Crippen LogP contribution in [0.15, 0.2) is 42.7 Å². The van der Waals surface area contributed by atoms with E-state index in [1.165, 1.54) is 0 Å². The van der Waals surface area contributed by atoms with Crippen LogP contribution in [0.5, 0.6) is 0 Å². The van der Waals surface area contributed by atoms with Crippen molar-refractivity contribution >= 4 is 11.6 Å². The molecule has 1 aromatic carbocycles. The Balaban J connectivity index is 2.16. The van der Waals surface area contributed by atoms with Gasteiger partial charge in [0, 0.05) is 35.6 Å². The number of carbonyl (C=O) groups excluding carboxylic acids is 1. The molecule has 4 nitrogen and oxygen atoms in total. The highest BCUT2D eigenvalue weighted by molar-refractivity contribution is 6.04. The maximum absolute atomic E-state index is 12.1. The molecule has 0 saturated carbocycles. The van der Waals surface area contributed by atoms with Gasteiger partial charge in [-0.05, 0) is 36.8 Å². The maximum atomic E-state index is 12.1. The molecule has 0 bridgehead atoms. The van der Waals surface area contributed by atoms with E-state index in [-0.39, 0.29) is 12.5 Å². The first-order valence-electron chi connectivity index (χ1n) is 6.62. The summed E-state index contributed by atoms with van der Waals surface area (Å²) in [5.41, 5.74) is 3.12. The van der Waals surface area contributed by atoms with E-state index in [0.717, 1.165) is 11.1 Å². The molecule has 0 saturated heterocycles. The maximum Gasteiger partial charge on any atom is 0.255 e. The fraction of sp³-hybridized carbons (Fsp3) is 0.176. The second-order valence-corrected chi connectivity index (χ2v) is 4.50. The number of anilines is 1. The van der Waals surface area contributed by atoms with E-state index < -0.39 is 0 Å². The SMILES string of the molecule is Cc1ccc(NC(=O)c2ccncc2)cc1C#CCCO. The Morgan fingerprint density at radius 3 is 2.76 bits per heavy atom. The average Bonchev–Trinajstić information content (AvgIpc) is 2.51. The van der Waals surface area contributed by atoms with Crippen LogP contribution in [0.25, 0.3) is 0 Å². The lowest BCUT2D eigenvalue weighted by atomic mass is 10.1. The van der Waals surface area contributed by atoms with Gasteiger partial charge in [-0.25, -0.2) is 0 Å². The molecule has 21 heavy (non-hydrogen) atoms. The molecule has 2 N–H and O–H groups in total. The van der Waals surface area contributed by atoms with E-state index in [1.807, 2.05) is 25.1 Å². The molecule has 0 aliphatic rings. The highest BCUT2D eigenvalue weighted by Crippen LogP contribution is 2.15. The van der Waals surface area contributed by atoms with Crippen molar-refractivity contribution in [2.75, 3.05) is 11.9 Å². The van der Waals surface area contributed by atoms with Crippen molar-refractivity contribution in [3.8, 4) is 11.8 Å². The molecule has 0 aliphatic heterocycles. The van der Waals surface area contributed by atoms with E-state index in [2.05, 4.69) is 22.1 Å². The Morgan fingerprint density at radius 2 is 2.05 bits per heavy atom. The molecule has 0 radical (unpaired) electrons. The topological polar surface area (TPSA) is 62.2 Å². The summed E-state index contributed by atoms with van der Waals surface area (Å²) in [6.45, 7) is 2.00. The number of nitrogens with zero attached hydrogens (tertiary/aromatic N) is 1. The second-order valence-electron chi connectivity index (χ2n) is 4.50. The number of pyridine rings is 1. The molecule has 1 aromatic heterocycles. The minimum Gasteiger partial charge on any atom is -0.395 e. The van der Waals surface area contributed by atoms with Crippen molar-refractivity contribution in [3.63, 3.8) is 0 Å². The van der Waals surface area contributed by atoms with E-state index in [9.17, 15) is 4.79 Å². The summed E-state index contributed by atoms with van der Waals surface area (Å²) in [6, 6.07) is 8.90. The number of hydrogen-bond acceptors (Lipinski definition) is 3. The molecule has 1 heterocycles. The average molecular weight is 280 g/mol. The molecular weight excluding hydrogens is 264 g/mol. The third kappa shape index (κ3) is 4.16. The molecule has 4 heteroatoms. The van der Waals surface area contributed by atoms with Crippen molar-refractivity contribution < 1.29 is 9.90 Å². The number of aromatic nitrogens is 1. The second kappa shape index (κ2) is 7.22. The van der Waals surface area contributed by atoms with Crippen molar-refractivity contribution in [2.45, 2.75) is 13.3 Å². The summed E-state index contributed by atoms with van der Waals surface area (Å²) in [4.78, 5) is 15.9. The predicted molar refractivity (Wildman–Crippen MR) is 82.0 cm³/mol. The highest BCUT2D eigenvalue weighted by atomic mass is 16.2. The lowest BCUT2D eigenvalue weighted by Crippen LogP contribution is -2.11. The minimum atomic E-state index is -0.185. The number of nitrogens with one attached hydrogen (secondary N) is 1. The minimum absolute atomic E-state index is 0.0461. The van der Waals surface area contributed by atoms with Crippen molar-refractivity contribution in [1.82, 2.24) is 4.98 Å². The molecule has 1 amide bonds. The number of benzene rings is 1. The number of rotatable bonds is 3. The quantitative estimate of drug-likeness (QED) is 0.849. The van der Waals surface area contributed by atoms with E-state index >= 15 is 0 Å². The Labute approximate surface area is 123 Å². The molecule has 0 spiro atoms. The molecule has 2 rings (SSSR count). The first-order chi connectivity index (χ1) is 10.2. The summed E-state index contributed by atoms with van der Waals surface area (Å²) in [5.74, 6) is 5.69. The molecule has 0 aliphatic carbocycles. The van der Waals surface area contributed by atoms with Crippen LogP contribution in [-0.4, -0.2) is 22.6 Å². The number of aliphatic hydroxyl groups excluding tert-OH is 1. The zero-order valence-electron chi connectivity index (χ0n) is 11.8. The van der Waals surface area contributed by atoms with Crippen LogP contribution in [0.2, 0.25) is 0 Å². The van der Waals surface area contributed by atoms with Gasteiger partial charge in [0.05, 0.1) is 6.61 Å². The van der Waals surface area contributed by atoms with Gasteiger partial charge in [0.2, 0.25) is 0 Å². The zero-order chi connectivity index (χ0) is 15.1. The normalized spacial score (nSPS) is 9.62. The van der Waals surface area contributed by atoms with Gasteiger partial charge >= 0.3 is 0 Å². The van der Waals surface area contributed by atoms with Crippen LogP contribution in [0, 0.1) is 18.8 Å². The zero-order valence-corrected chi connectivity index (χ0v) is 11.8. The summed E-state index contributed by atoms with van der Waals surface area (Å²) < 4.78 is 0. The third-order valence-electron chi connectivity index (χ3n) is 2.90. The Bertz CT molecular complexity index is 685. The summed E-state index contributed by atoms with van der Waals surface area (Å²) in [7, 11) is 0. The van der Waals surface area contributed by atoms with E-state index in [0.29, 0.717) is 17.7 Å². The standard InChI is InChI=1S/C17H16N2O2/c1-13-5-6-16(12-15(13)4-2-3-11-20)19-17(21)14-7-9-18-10-8-14/h5-10,12,20H,3,11H2,1H3,(H,19,21). The van der Waals surface area contributed by atoms with Gasteiger partial charge < -0.3 is 10.4 Å². The van der Waals surface area contributed by atoms with Gasteiger partial charge in [0.15, 0.2) is 0 Å². The Hall–Kier alpha value is -2.64. The predicted octanol–water partition coefficient (Wildman–Crippen LogP) is 2.38. The van der Waals surface area contributed by atoms with Gasteiger partial charge in [0.1, 0.15) is 0 Å². The fourth-order valence-electron chi connectivity index (χ4n) is 1.75. The van der Waals surface area contributed by atoms with E-state index in [1.54, 1.807) is 24.5 Å². The number of amides is 1. The van der Waals surface area contributed by atoms with Crippen LogP contribution >= 0.6 is 0 Å². The van der Waals surface area contributed by atoms with Gasteiger partial charge in [0.25, 0.3) is 5.91 Å². The highest BCUT2D eigenvalue weighted by Gasteiger charge is 2.06. The van der Waals surface area contributed by atoms with Crippen LogP contribution < -0.4 is 5.32 Å². The fourth-order valence-corrected chi connectivity index (χ4v) is 1.75. The summed E-state index contributed by atoms with van der Waals surface area (Å²) in [5, 5.41) is 11.6. The molecule has 2 aromatic rings. The van der Waals surface area contributed by atoms with Gasteiger partial charge in [-0.1, -0.05) is 17.9 Å². The molecular formula is C17H16N2O2. The van der Waals surface area contributed by atoms with Gasteiger partial charge in [-0.3, -0.25) is 9.78 Å².